The van der Waals surface area contributed by atoms with Crippen LogP contribution in [0, 0.1) is 0 Å². The Kier molecular flexibility index (Phi) is 10.5. The summed E-state index contributed by atoms with van der Waals surface area (Å²) in [5.74, 6) is -1.38. The molecule has 33 heavy (non-hydrogen) atoms. The van der Waals surface area contributed by atoms with Gasteiger partial charge in [-0.25, -0.2) is 14.2 Å². The zero-order valence-electron chi connectivity index (χ0n) is 18.1. The molecule has 0 atom stereocenters. The summed E-state index contributed by atoms with van der Waals surface area (Å²) in [4.78, 5) is 12.2. The maximum absolute atomic E-state index is 13.6. The number of hydrazone groups is 1. The second-order valence-corrected chi connectivity index (χ2v) is 6.64. The van der Waals surface area contributed by atoms with Crippen molar-refractivity contribution in [1.29, 1.82) is 0 Å². The zero-order chi connectivity index (χ0) is 25.2. The van der Waals surface area contributed by atoms with Gasteiger partial charge in [0, 0.05) is 29.1 Å². The molecule has 1 heterocycles. The number of nitrogens with zero attached hydrogens (tertiary/aromatic N) is 3. The van der Waals surface area contributed by atoms with Crippen LogP contribution in [0.3, 0.4) is 0 Å². The number of hydrogen-bond acceptors (Lipinski definition) is 6. The fraction of sp³-hybridized carbons (Fsp3) is 0.227. The molecule has 2 aromatic rings. The fourth-order valence-corrected chi connectivity index (χ4v) is 2.51. The van der Waals surface area contributed by atoms with Crippen LogP contribution in [0.4, 0.5) is 17.6 Å². The van der Waals surface area contributed by atoms with E-state index < -0.39 is 23.6 Å². The third-order valence-electron chi connectivity index (χ3n) is 3.84. The van der Waals surface area contributed by atoms with Gasteiger partial charge in [-0.3, -0.25) is 0 Å². The second kappa shape index (κ2) is 12.6. The molecule has 0 unspecified atom stereocenters. The minimum absolute atomic E-state index is 0.00438. The summed E-state index contributed by atoms with van der Waals surface area (Å²) in [5.41, 5.74) is -1.18. The highest BCUT2D eigenvalue weighted by Crippen LogP contribution is 2.35. The van der Waals surface area contributed by atoms with Crippen LogP contribution >= 0.6 is 11.6 Å². The van der Waals surface area contributed by atoms with Gasteiger partial charge in [-0.15, -0.1) is 0 Å². The molecule has 178 valence electrons. The molecule has 0 spiro atoms. The van der Waals surface area contributed by atoms with Crippen LogP contribution in [0.15, 0.2) is 64.0 Å². The van der Waals surface area contributed by atoms with Crippen molar-refractivity contribution in [3.63, 3.8) is 0 Å². The van der Waals surface area contributed by atoms with Gasteiger partial charge in [0.25, 0.3) is 0 Å². The molecule has 0 saturated carbocycles. The first kappa shape index (κ1) is 27.6. The van der Waals surface area contributed by atoms with Gasteiger partial charge in [0.1, 0.15) is 23.6 Å². The van der Waals surface area contributed by atoms with Crippen molar-refractivity contribution < 1.29 is 31.6 Å². The predicted molar refractivity (Wildman–Crippen MR) is 119 cm³/mol. The number of hydrogen-bond donors (Lipinski definition) is 0. The molecule has 6 nitrogen and oxygen atoms in total. The van der Waals surface area contributed by atoms with E-state index in [-0.39, 0.29) is 23.6 Å². The van der Waals surface area contributed by atoms with Crippen LogP contribution in [-0.4, -0.2) is 42.8 Å². The molecule has 0 fully saturated rings. The van der Waals surface area contributed by atoms with Gasteiger partial charge in [0.05, 0.1) is 7.11 Å². The normalized spacial score (nSPS) is 11.6. The molecule has 0 bridgehead atoms. The average molecular weight is 488 g/mol. The molecule has 0 N–H and O–H groups in total. The number of halogens is 5. The maximum atomic E-state index is 13.6. The largest absolute Gasteiger partial charge is 0.465 e. The smallest absolute Gasteiger partial charge is 0.433 e. The zero-order valence-corrected chi connectivity index (χ0v) is 18.9. The Balaban J connectivity index is 0.000000981. The van der Waals surface area contributed by atoms with Crippen molar-refractivity contribution in [2.75, 3.05) is 13.8 Å². The van der Waals surface area contributed by atoms with E-state index in [1.807, 2.05) is 0 Å². The quantitative estimate of drug-likeness (QED) is 0.143. The summed E-state index contributed by atoms with van der Waals surface area (Å²) in [6, 6.07) is 6.15. The van der Waals surface area contributed by atoms with Crippen molar-refractivity contribution in [2.24, 2.45) is 5.10 Å². The molecular weight excluding hydrogens is 466 g/mol. The first-order valence-electron chi connectivity index (χ1n) is 9.23. The average Bonchev–Trinajstić information content (AvgIpc) is 3.17. The lowest BCUT2D eigenvalue weighted by molar-refractivity contribution is -0.107. The number of carbonyl (C=O) groups excluding carboxylic acids is 1. The number of methoxy groups -OCH3 is 1. The fourth-order valence-electron chi connectivity index (χ4n) is 2.38. The van der Waals surface area contributed by atoms with Crippen molar-refractivity contribution >= 4 is 30.4 Å². The molecule has 1 aromatic heterocycles. The van der Waals surface area contributed by atoms with Gasteiger partial charge in [0.15, 0.2) is 5.76 Å². The first-order valence-corrected chi connectivity index (χ1v) is 9.61. The molecule has 0 radical (unpaired) electrons. The molecule has 0 aliphatic carbocycles. The van der Waals surface area contributed by atoms with Gasteiger partial charge in [-0.2, -0.15) is 18.3 Å². The van der Waals surface area contributed by atoms with E-state index in [9.17, 15) is 22.4 Å². The molecular formula is C22H22ClF4N3O3. The SMILES string of the molecule is C/C=C\CF.C=NN(C(=C)C)/C(=C/c1onc(-c2ccc(Cl)cc2)c1C(=O)OC)C(F)(F)F. The number of allylic oxidation sites excluding steroid dienone is 4. The number of ether oxygens (including phenoxy) is 1. The number of rotatable bonds is 7. The van der Waals surface area contributed by atoms with Crippen molar-refractivity contribution in [3.8, 4) is 11.3 Å². The van der Waals surface area contributed by atoms with E-state index in [4.69, 9.17) is 16.1 Å². The van der Waals surface area contributed by atoms with E-state index in [2.05, 4.69) is 28.3 Å². The summed E-state index contributed by atoms with van der Waals surface area (Å²) in [6.07, 6.45) is -1.12. The summed E-state index contributed by atoms with van der Waals surface area (Å²) >= 11 is 5.83. The monoisotopic (exact) mass is 487 g/mol. The summed E-state index contributed by atoms with van der Waals surface area (Å²) in [6.45, 7) is 9.32. The van der Waals surface area contributed by atoms with Crippen LogP contribution < -0.4 is 0 Å². The van der Waals surface area contributed by atoms with Crippen LogP contribution in [0.1, 0.15) is 30.0 Å². The van der Waals surface area contributed by atoms with Gasteiger partial charge in [-0.1, -0.05) is 47.6 Å². The topological polar surface area (TPSA) is 67.9 Å². The minimum Gasteiger partial charge on any atom is -0.465 e. The molecule has 0 aliphatic heterocycles. The van der Waals surface area contributed by atoms with E-state index in [0.717, 1.165) is 7.11 Å². The van der Waals surface area contributed by atoms with E-state index in [1.165, 1.54) is 37.3 Å². The molecule has 2 rings (SSSR count). The van der Waals surface area contributed by atoms with E-state index >= 15 is 0 Å². The molecule has 0 aliphatic rings. The Labute approximate surface area is 193 Å². The van der Waals surface area contributed by atoms with Crippen LogP contribution in [0.2, 0.25) is 5.02 Å². The highest BCUT2D eigenvalue weighted by atomic mass is 35.5. The minimum atomic E-state index is -4.85. The second-order valence-electron chi connectivity index (χ2n) is 6.21. The maximum Gasteiger partial charge on any atom is 0.433 e. The van der Waals surface area contributed by atoms with Crippen LogP contribution in [0.25, 0.3) is 17.3 Å². The summed E-state index contributed by atoms with van der Waals surface area (Å²) < 4.78 is 61.3. The number of alkyl halides is 4. The Bertz CT molecular complexity index is 1030. The van der Waals surface area contributed by atoms with Crippen molar-refractivity contribution in [2.45, 2.75) is 20.0 Å². The Hall–Kier alpha value is -3.40. The first-order chi connectivity index (χ1) is 15.5. The van der Waals surface area contributed by atoms with Gasteiger partial charge in [0.2, 0.25) is 0 Å². The van der Waals surface area contributed by atoms with Crippen molar-refractivity contribution in [3.05, 3.63) is 70.7 Å². The lowest BCUT2D eigenvalue weighted by atomic mass is 10.1. The third kappa shape index (κ3) is 7.60. The number of benzene rings is 1. The molecule has 0 saturated heterocycles. The van der Waals surface area contributed by atoms with Crippen LogP contribution in [-0.2, 0) is 4.74 Å². The number of aromatic nitrogens is 1. The molecule has 1 aromatic carbocycles. The van der Waals surface area contributed by atoms with E-state index in [0.29, 0.717) is 21.7 Å². The Morgan fingerprint density at radius 1 is 1.33 bits per heavy atom. The highest BCUT2D eigenvalue weighted by Gasteiger charge is 2.39. The molecule has 0 amide bonds. The van der Waals surface area contributed by atoms with E-state index in [1.54, 1.807) is 13.0 Å². The molecule has 11 heteroatoms. The predicted octanol–water partition coefficient (Wildman–Crippen LogP) is 6.67. The summed E-state index contributed by atoms with van der Waals surface area (Å²) in [7, 11) is 1.09. The van der Waals surface area contributed by atoms with Gasteiger partial charge >= 0.3 is 12.1 Å². The number of carbonyl (C=O) groups is 1. The third-order valence-corrected chi connectivity index (χ3v) is 4.09. The van der Waals surface area contributed by atoms with Gasteiger partial charge < -0.3 is 9.26 Å². The van der Waals surface area contributed by atoms with Crippen molar-refractivity contribution in [1.82, 2.24) is 10.2 Å². The summed E-state index contributed by atoms with van der Waals surface area (Å²) in [5, 5.41) is 7.96. The Morgan fingerprint density at radius 2 is 1.94 bits per heavy atom. The number of esters is 1. The lowest BCUT2D eigenvalue weighted by Gasteiger charge is -2.23. The lowest BCUT2D eigenvalue weighted by Crippen LogP contribution is -2.26. The Morgan fingerprint density at radius 3 is 2.33 bits per heavy atom. The van der Waals surface area contributed by atoms with Gasteiger partial charge in [-0.05, 0) is 26.0 Å². The standard InChI is InChI=1S/C18H15ClF3N3O3.C4H7F/c1-10(2)25(23-3)14(18(20,21)22)9-13-15(17(26)27-4)16(24-28-13)11-5-7-12(19)8-6-11;1-2-3-4-5/h5-9H,1,3H2,2,4H3;2-3H,4H2,1H3/b14-9+;3-2-. The van der Waals surface area contributed by atoms with Crippen LogP contribution in [0.5, 0.6) is 0 Å². The highest BCUT2D eigenvalue weighted by molar-refractivity contribution is 6.30.